The fourth-order valence-electron chi connectivity index (χ4n) is 1.46. The summed E-state index contributed by atoms with van der Waals surface area (Å²) in [4.78, 5) is 11.2. The Labute approximate surface area is 108 Å². The van der Waals surface area contributed by atoms with E-state index in [-0.39, 0.29) is 11.9 Å². The molecule has 1 rings (SSSR count). The molecule has 1 aromatic carbocycles. The molecule has 0 radical (unpaired) electrons. The van der Waals surface area contributed by atoms with Crippen LogP contribution < -0.4 is 11.1 Å². The van der Waals surface area contributed by atoms with Crippen molar-refractivity contribution in [1.29, 1.82) is 5.26 Å². The summed E-state index contributed by atoms with van der Waals surface area (Å²) in [6.45, 7) is 6.16. The molecule has 1 atom stereocenters. The molecule has 0 spiro atoms. The third kappa shape index (κ3) is 3.57. The first kappa shape index (κ1) is 14.2. The van der Waals surface area contributed by atoms with Gasteiger partial charge in [0, 0.05) is 12.6 Å². The van der Waals surface area contributed by atoms with Gasteiger partial charge in [0.2, 0.25) is 5.91 Å². The molecule has 1 unspecified atom stereocenters. The highest BCUT2D eigenvalue weighted by Crippen LogP contribution is 2.17. The Morgan fingerprint density at radius 1 is 1.44 bits per heavy atom. The number of nitrogens with zero attached hydrogens (tertiary/aromatic N) is 1. The standard InChI is InChI=1S/C14H19N3O/c1-10(17-9-14(2,3)13(16)18)12-6-4-11(8-15)5-7-12/h4-7,10,17H,9H2,1-3H3,(H2,16,18). The molecule has 96 valence electrons. The summed E-state index contributed by atoms with van der Waals surface area (Å²) >= 11 is 0. The van der Waals surface area contributed by atoms with E-state index in [9.17, 15) is 4.79 Å². The molecule has 0 heterocycles. The highest BCUT2D eigenvalue weighted by molar-refractivity contribution is 5.80. The minimum absolute atomic E-state index is 0.108. The molecule has 0 saturated heterocycles. The van der Waals surface area contributed by atoms with E-state index in [2.05, 4.69) is 11.4 Å². The zero-order valence-corrected chi connectivity index (χ0v) is 11.0. The number of carbonyl (C=O) groups excluding carboxylic acids is 1. The Balaban J connectivity index is 2.63. The molecule has 0 aliphatic heterocycles. The highest BCUT2D eigenvalue weighted by atomic mass is 16.1. The van der Waals surface area contributed by atoms with Gasteiger partial charge < -0.3 is 11.1 Å². The first-order valence-electron chi connectivity index (χ1n) is 5.90. The van der Waals surface area contributed by atoms with Gasteiger partial charge in [0.25, 0.3) is 0 Å². The van der Waals surface area contributed by atoms with Crippen LogP contribution in [-0.2, 0) is 4.79 Å². The van der Waals surface area contributed by atoms with Crippen molar-refractivity contribution in [2.24, 2.45) is 11.1 Å². The lowest BCUT2D eigenvalue weighted by Crippen LogP contribution is -2.41. The van der Waals surface area contributed by atoms with Crippen LogP contribution in [0.2, 0.25) is 0 Å². The van der Waals surface area contributed by atoms with E-state index in [0.717, 1.165) is 5.56 Å². The van der Waals surface area contributed by atoms with Crippen molar-refractivity contribution in [2.75, 3.05) is 6.54 Å². The average molecular weight is 245 g/mol. The van der Waals surface area contributed by atoms with Crippen LogP contribution in [0.3, 0.4) is 0 Å². The summed E-state index contributed by atoms with van der Waals surface area (Å²) in [5, 5.41) is 12.0. The highest BCUT2D eigenvalue weighted by Gasteiger charge is 2.25. The van der Waals surface area contributed by atoms with E-state index < -0.39 is 5.41 Å². The quantitative estimate of drug-likeness (QED) is 0.829. The molecule has 4 heteroatoms. The topological polar surface area (TPSA) is 78.9 Å². The van der Waals surface area contributed by atoms with E-state index >= 15 is 0 Å². The van der Waals surface area contributed by atoms with Crippen LogP contribution in [0.5, 0.6) is 0 Å². The maximum atomic E-state index is 11.2. The number of hydrogen-bond donors (Lipinski definition) is 2. The summed E-state index contributed by atoms with van der Waals surface area (Å²) < 4.78 is 0. The Bertz CT molecular complexity index is 457. The Morgan fingerprint density at radius 2 is 2.00 bits per heavy atom. The summed E-state index contributed by atoms with van der Waals surface area (Å²) in [6, 6.07) is 9.58. The number of nitriles is 1. The maximum absolute atomic E-state index is 11.2. The van der Waals surface area contributed by atoms with Crippen molar-refractivity contribution < 1.29 is 4.79 Å². The van der Waals surface area contributed by atoms with Gasteiger partial charge in [-0.3, -0.25) is 4.79 Å². The van der Waals surface area contributed by atoms with Gasteiger partial charge >= 0.3 is 0 Å². The molecule has 18 heavy (non-hydrogen) atoms. The van der Waals surface area contributed by atoms with Gasteiger partial charge in [-0.1, -0.05) is 12.1 Å². The van der Waals surface area contributed by atoms with Crippen LogP contribution in [0.1, 0.15) is 37.9 Å². The summed E-state index contributed by atoms with van der Waals surface area (Å²) in [5.74, 6) is -0.318. The summed E-state index contributed by atoms with van der Waals surface area (Å²) in [7, 11) is 0. The molecule has 0 aromatic heterocycles. The Kier molecular flexibility index (Phi) is 4.46. The number of primary amides is 1. The van der Waals surface area contributed by atoms with Crippen molar-refractivity contribution in [1.82, 2.24) is 5.32 Å². The molecule has 0 fully saturated rings. The van der Waals surface area contributed by atoms with E-state index in [1.54, 1.807) is 12.1 Å². The second-order valence-electron chi connectivity index (χ2n) is 5.08. The van der Waals surface area contributed by atoms with Gasteiger partial charge in [-0.15, -0.1) is 0 Å². The van der Waals surface area contributed by atoms with Crippen molar-refractivity contribution in [3.05, 3.63) is 35.4 Å². The summed E-state index contributed by atoms with van der Waals surface area (Å²) in [5.41, 5.74) is 6.47. The molecule has 0 bridgehead atoms. The van der Waals surface area contributed by atoms with Crippen LogP contribution in [0, 0.1) is 16.7 Å². The third-order valence-corrected chi connectivity index (χ3v) is 3.06. The normalized spacial score (nSPS) is 12.8. The fraction of sp³-hybridized carbons (Fsp3) is 0.429. The van der Waals surface area contributed by atoms with E-state index in [0.29, 0.717) is 12.1 Å². The lowest BCUT2D eigenvalue weighted by molar-refractivity contribution is -0.125. The molecular formula is C14H19N3O. The molecular weight excluding hydrogens is 226 g/mol. The number of nitrogens with two attached hydrogens (primary N) is 1. The molecule has 1 aromatic rings. The number of hydrogen-bond acceptors (Lipinski definition) is 3. The Morgan fingerprint density at radius 3 is 2.44 bits per heavy atom. The number of amides is 1. The minimum atomic E-state index is -0.569. The predicted octanol–water partition coefficient (Wildman–Crippen LogP) is 1.72. The van der Waals surface area contributed by atoms with Crippen molar-refractivity contribution in [3.8, 4) is 6.07 Å². The van der Waals surface area contributed by atoms with E-state index in [1.165, 1.54) is 0 Å². The first-order chi connectivity index (χ1) is 8.36. The molecule has 0 aliphatic rings. The molecule has 4 nitrogen and oxygen atoms in total. The summed E-state index contributed by atoms with van der Waals surface area (Å²) in [6.07, 6.45) is 0. The van der Waals surface area contributed by atoms with Crippen LogP contribution >= 0.6 is 0 Å². The minimum Gasteiger partial charge on any atom is -0.369 e. The van der Waals surface area contributed by atoms with Crippen LogP contribution in [-0.4, -0.2) is 12.5 Å². The van der Waals surface area contributed by atoms with Gasteiger partial charge in [-0.05, 0) is 38.5 Å². The lowest BCUT2D eigenvalue weighted by Gasteiger charge is -2.24. The van der Waals surface area contributed by atoms with Crippen LogP contribution in [0.15, 0.2) is 24.3 Å². The number of rotatable bonds is 5. The number of benzene rings is 1. The predicted molar refractivity (Wildman–Crippen MR) is 70.6 cm³/mol. The second-order valence-corrected chi connectivity index (χ2v) is 5.08. The van der Waals surface area contributed by atoms with Crippen molar-refractivity contribution >= 4 is 5.91 Å². The van der Waals surface area contributed by atoms with E-state index in [1.807, 2.05) is 32.9 Å². The van der Waals surface area contributed by atoms with Gasteiger partial charge in [-0.2, -0.15) is 5.26 Å². The van der Waals surface area contributed by atoms with Gasteiger partial charge in [0.15, 0.2) is 0 Å². The SMILES string of the molecule is CC(NCC(C)(C)C(N)=O)c1ccc(C#N)cc1. The van der Waals surface area contributed by atoms with Crippen molar-refractivity contribution in [3.63, 3.8) is 0 Å². The van der Waals surface area contributed by atoms with Crippen molar-refractivity contribution in [2.45, 2.75) is 26.8 Å². The van der Waals surface area contributed by atoms with Crippen LogP contribution in [0.4, 0.5) is 0 Å². The van der Waals surface area contributed by atoms with Gasteiger partial charge in [0.1, 0.15) is 0 Å². The zero-order chi connectivity index (χ0) is 13.8. The molecule has 3 N–H and O–H groups in total. The fourth-order valence-corrected chi connectivity index (χ4v) is 1.46. The van der Waals surface area contributed by atoms with E-state index in [4.69, 9.17) is 11.0 Å². The monoisotopic (exact) mass is 245 g/mol. The van der Waals surface area contributed by atoms with Gasteiger partial charge in [0.05, 0.1) is 17.0 Å². The third-order valence-electron chi connectivity index (χ3n) is 3.06. The second kappa shape index (κ2) is 5.65. The number of carbonyl (C=O) groups is 1. The van der Waals surface area contributed by atoms with Gasteiger partial charge in [-0.25, -0.2) is 0 Å². The molecule has 1 amide bonds. The first-order valence-corrected chi connectivity index (χ1v) is 5.90. The average Bonchev–Trinajstić information content (AvgIpc) is 2.36. The van der Waals surface area contributed by atoms with Crippen LogP contribution in [0.25, 0.3) is 0 Å². The number of nitrogens with one attached hydrogen (secondary N) is 1. The largest absolute Gasteiger partial charge is 0.369 e. The molecule has 0 saturated carbocycles. The maximum Gasteiger partial charge on any atom is 0.224 e. The lowest BCUT2D eigenvalue weighted by atomic mass is 9.92. The zero-order valence-electron chi connectivity index (χ0n) is 11.0. The smallest absolute Gasteiger partial charge is 0.224 e. The Hall–Kier alpha value is -1.86. The molecule has 0 aliphatic carbocycles.